The van der Waals surface area contributed by atoms with E-state index in [0.29, 0.717) is 18.9 Å². The summed E-state index contributed by atoms with van der Waals surface area (Å²) in [4.78, 5) is 20.5. The van der Waals surface area contributed by atoms with Gasteiger partial charge in [-0.25, -0.2) is 5.48 Å². The number of hydrogen-bond donors (Lipinski definition) is 1. The number of piperidine rings is 1. The minimum absolute atomic E-state index is 0.386. The zero-order valence-electron chi connectivity index (χ0n) is 18.8. The molecule has 1 aliphatic rings. The lowest BCUT2D eigenvalue weighted by atomic mass is 9.86. The van der Waals surface area contributed by atoms with E-state index in [1.54, 1.807) is 11.8 Å². The van der Waals surface area contributed by atoms with Crippen LogP contribution in [0.15, 0.2) is 76.5 Å². The number of hydrogen-bond acceptors (Lipinski definition) is 4. The van der Waals surface area contributed by atoms with Crippen LogP contribution in [0.5, 0.6) is 0 Å². The van der Waals surface area contributed by atoms with E-state index in [9.17, 15) is 4.79 Å². The molecule has 172 valence electrons. The molecule has 0 radical (unpaired) electrons. The molecule has 3 aromatic carbocycles. The fraction of sp³-hybridized carbons (Fsp3) is 0.296. The van der Waals surface area contributed by atoms with Crippen molar-refractivity contribution in [1.29, 1.82) is 0 Å². The predicted octanol–water partition coefficient (Wildman–Crippen LogP) is 6.36. The van der Waals surface area contributed by atoms with Crippen molar-refractivity contribution in [3.05, 3.63) is 94.0 Å². The second-order valence-corrected chi connectivity index (χ2v) is 10.0. The summed E-state index contributed by atoms with van der Waals surface area (Å²) in [5.41, 5.74) is 7.44. The monoisotopic (exact) mass is 480 g/mol. The lowest BCUT2D eigenvalue weighted by Crippen LogP contribution is -2.32. The summed E-state index contributed by atoms with van der Waals surface area (Å²) < 4.78 is 0. The third kappa shape index (κ3) is 6.84. The van der Waals surface area contributed by atoms with Crippen LogP contribution in [0.3, 0.4) is 0 Å². The Bertz CT molecular complexity index is 1050. The Hall–Kier alpha value is -2.31. The molecule has 0 bridgehead atoms. The number of halogens is 1. The molecule has 0 unspecified atom stereocenters. The summed E-state index contributed by atoms with van der Waals surface area (Å²) in [5, 5.41) is 0.766. The Morgan fingerprint density at radius 2 is 1.64 bits per heavy atom. The van der Waals surface area contributed by atoms with Gasteiger partial charge in [0.05, 0.1) is 6.61 Å². The van der Waals surface area contributed by atoms with Gasteiger partial charge in [0.1, 0.15) is 0 Å². The van der Waals surface area contributed by atoms with Gasteiger partial charge in [-0.2, -0.15) is 0 Å². The van der Waals surface area contributed by atoms with E-state index in [1.807, 2.05) is 12.1 Å². The van der Waals surface area contributed by atoms with Gasteiger partial charge in [0.15, 0.2) is 0 Å². The van der Waals surface area contributed by atoms with Gasteiger partial charge in [0.25, 0.3) is 0 Å². The molecule has 33 heavy (non-hydrogen) atoms. The number of rotatable bonds is 9. The SMILES string of the molecule is Cc1ccc(CONC=O)cc1C1CCN(Cc2ccc(Sc3ccc(Cl)cc3)cc2)CC1. The highest BCUT2D eigenvalue weighted by Crippen LogP contribution is 2.32. The summed E-state index contributed by atoms with van der Waals surface area (Å²) in [6.07, 6.45) is 2.86. The average Bonchev–Trinajstić information content (AvgIpc) is 2.84. The van der Waals surface area contributed by atoms with Crippen molar-refractivity contribution >= 4 is 29.8 Å². The molecular weight excluding hydrogens is 452 g/mol. The molecule has 4 nitrogen and oxygen atoms in total. The molecule has 0 aliphatic carbocycles. The first-order valence-electron chi connectivity index (χ1n) is 11.3. The predicted molar refractivity (Wildman–Crippen MR) is 134 cm³/mol. The smallest absolute Gasteiger partial charge is 0.230 e. The van der Waals surface area contributed by atoms with Crippen LogP contribution in [0.25, 0.3) is 0 Å². The maximum absolute atomic E-state index is 10.4. The number of likely N-dealkylation sites (tertiary alicyclic amines) is 1. The number of aryl methyl sites for hydroxylation is 1. The van der Waals surface area contributed by atoms with Crippen LogP contribution in [0, 0.1) is 6.92 Å². The van der Waals surface area contributed by atoms with E-state index in [-0.39, 0.29) is 0 Å². The summed E-state index contributed by atoms with van der Waals surface area (Å²) in [7, 11) is 0. The molecule has 3 aromatic rings. The largest absolute Gasteiger partial charge is 0.299 e. The zero-order chi connectivity index (χ0) is 23.0. The molecule has 0 atom stereocenters. The maximum atomic E-state index is 10.4. The van der Waals surface area contributed by atoms with Crippen LogP contribution in [0.1, 0.15) is 41.0 Å². The van der Waals surface area contributed by atoms with Crippen LogP contribution in [-0.4, -0.2) is 24.4 Å². The summed E-state index contributed by atoms with van der Waals surface area (Å²) in [6, 6.07) is 23.3. The van der Waals surface area contributed by atoms with Crippen molar-refractivity contribution in [2.75, 3.05) is 13.1 Å². The van der Waals surface area contributed by atoms with Crippen molar-refractivity contribution in [2.45, 2.75) is 48.6 Å². The quantitative estimate of drug-likeness (QED) is 0.220. The highest BCUT2D eigenvalue weighted by Gasteiger charge is 2.22. The van der Waals surface area contributed by atoms with Gasteiger partial charge in [-0.3, -0.25) is 14.5 Å². The number of carbonyl (C=O) groups is 1. The Morgan fingerprint density at radius 1 is 1.00 bits per heavy atom. The Balaban J connectivity index is 1.29. The van der Waals surface area contributed by atoms with Gasteiger partial charge in [0.2, 0.25) is 6.41 Å². The molecule has 0 saturated carbocycles. The van der Waals surface area contributed by atoms with Crippen LogP contribution >= 0.6 is 23.4 Å². The molecule has 0 spiro atoms. The first-order valence-corrected chi connectivity index (χ1v) is 12.5. The molecule has 1 amide bonds. The maximum Gasteiger partial charge on any atom is 0.230 e. The second-order valence-electron chi connectivity index (χ2n) is 8.47. The zero-order valence-corrected chi connectivity index (χ0v) is 20.4. The number of nitrogens with zero attached hydrogens (tertiary/aromatic N) is 1. The minimum Gasteiger partial charge on any atom is -0.299 e. The molecular formula is C27H29ClN2O2S. The third-order valence-electron chi connectivity index (χ3n) is 6.12. The Morgan fingerprint density at radius 3 is 2.30 bits per heavy atom. The molecule has 1 fully saturated rings. The summed E-state index contributed by atoms with van der Waals surface area (Å²) in [6.45, 7) is 5.75. The van der Waals surface area contributed by atoms with E-state index in [4.69, 9.17) is 16.4 Å². The first-order chi connectivity index (χ1) is 16.1. The Kier molecular flexibility index (Phi) is 8.46. The molecule has 1 saturated heterocycles. The lowest BCUT2D eigenvalue weighted by Gasteiger charge is -2.33. The number of hydroxylamine groups is 1. The van der Waals surface area contributed by atoms with Crippen molar-refractivity contribution in [2.24, 2.45) is 0 Å². The van der Waals surface area contributed by atoms with E-state index < -0.39 is 0 Å². The van der Waals surface area contributed by atoms with Gasteiger partial charge in [-0.15, -0.1) is 0 Å². The van der Waals surface area contributed by atoms with Gasteiger partial charge < -0.3 is 0 Å². The fourth-order valence-electron chi connectivity index (χ4n) is 4.34. The number of benzene rings is 3. The highest BCUT2D eigenvalue weighted by molar-refractivity contribution is 7.99. The van der Waals surface area contributed by atoms with E-state index in [0.717, 1.165) is 43.1 Å². The van der Waals surface area contributed by atoms with Crippen molar-refractivity contribution in [3.63, 3.8) is 0 Å². The number of amides is 1. The van der Waals surface area contributed by atoms with Gasteiger partial charge in [0, 0.05) is 21.4 Å². The minimum atomic E-state index is 0.386. The summed E-state index contributed by atoms with van der Waals surface area (Å²) >= 11 is 7.73. The third-order valence-corrected chi connectivity index (χ3v) is 7.39. The molecule has 1 heterocycles. The lowest BCUT2D eigenvalue weighted by molar-refractivity contribution is -0.121. The molecule has 6 heteroatoms. The van der Waals surface area contributed by atoms with E-state index >= 15 is 0 Å². The molecule has 1 aliphatic heterocycles. The standard InChI is InChI=1S/C27H29ClN2O2S/c1-20-2-3-22(18-32-29-19-31)16-27(20)23-12-14-30(15-13-23)17-21-4-8-25(9-5-21)33-26-10-6-24(28)7-11-26/h2-11,16,19,23H,12-15,17-18H2,1H3,(H,29,31). The van der Waals surface area contributed by atoms with Crippen LogP contribution in [-0.2, 0) is 22.8 Å². The van der Waals surface area contributed by atoms with E-state index in [1.165, 1.54) is 26.5 Å². The topological polar surface area (TPSA) is 41.6 Å². The number of nitrogens with one attached hydrogen (secondary N) is 1. The Labute approximate surface area is 205 Å². The van der Waals surface area contributed by atoms with Gasteiger partial charge >= 0.3 is 0 Å². The number of carbonyl (C=O) groups excluding carboxylic acids is 1. The van der Waals surface area contributed by atoms with Crippen molar-refractivity contribution in [3.8, 4) is 0 Å². The normalized spacial score (nSPS) is 14.8. The molecule has 0 aromatic heterocycles. The van der Waals surface area contributed by atoms with Gasteiger partial charge in [-0.1, -0.05) is 53.7 Å². The summed E-state index contributed by atoms with van der Waals surface area (Å²) in [5.74, 6) is 0.568. The second kappa shape index (κ2) is 11.7. The van der Waals surface area contributed by atoms with Crippen LogP contribution < -0.4 is 5.48 Å². The van der Waals surface area contributed by atoms with Crippen LogP contribution in [0.4, 0.5) is 0 Å². The average molecular weight is 481 g/mol. The van der Waals surface area contributed by atoms with E-state index in [2.05, 4.69) is 71.9 Å². The first kappa shape index (κ1) is 23.8. The van der Waals surface area contributed by atoms with Gasteiger partial charge in [-0.05, 0) is 97.4 Å². The van der Waals surface area contributed by atoms with Crippen LogP contribution in [0.2, 0.25) is 5.02 Å². The van der Waals surface area contributed by atoms with Crippen molar-refractivity contribution in [1.82, 2.24) is 10.4 Å². The fourth-order valence-corrected chi connectivity index (χ4v) is 5.28. The molecule has 1 N–H and O–H groups in total. The van der Waals surface area contributed by atoms with Crippen molar-refractivity contribution < 1.29 is 9.63 Å². The highest BCUT2D eigenvalue weighted by atomic mass is 35.5. The molecule has 4 rings (SSSR count).